The summed E-state index contributed by atoms with van der Waals surface area (Å²) in [7, 11) is 0. The van der Waals surface area contributed by atoms with Gasteiger partial charge in [0.25, 0.3) is 0 Å². The van der Waals surface area contributed by atoms with Gasteiger partial charge in [0.1, 0.15) is 22.9 Å². The molecule has 0 aliphatic heterocycles. The Morgan fingerprint density at radius 1 is 0.844 bits per heavy atom. The highest BCUT2D eigenvalue weighted by atomic mass is 19.1. The zero-order valence-corrected chi connectivity index (χ0v) is 27.7. The fourth-order valence-corrected chi connectivity index (χ4v) is 4.36. The third-order valence-electron chi connectivity index (χ3n) is 7.78. The topological polar surface area (TPSA) is 67.6 Å². The highest BCUT2D eigenvalue weighted by Crippen LogP contribution is 2.31. The molecular weight excluding hydrogens is 561 g/mol. The highest BCUT2D eigenvalue weighted by Gasteiger charge is 2.24. The number of aromatic nitrogens is 2. The van der Waals surface area contributed by atoms with E-state index in [9.17, 15) is 9.50 Å². The zero-order valence-electron chi connectivity index (χ0n) is 27.7. The standard InChI is InChI=1S/C23H32FN3O.C12H10O.C4H8/c1-6-9-11-18(10-7-2)27-21-13-20(24)19(12-16(21)4)17-14-25-22(26-15-17)23(5,28)8-3;1-3-7-11(8-4-1)13-12-9-5-2-6-10-12;1-2-4-3-1/h12-15,28H,6-11H2,1-5H3;1-10H;1-4H2. The number of hydrogen-bond acceptors (Lipinski definition) is 5. The maximum atomic E-state index is 14.8. The quantitative estimate of drug-likeness (QED) is 0.171. The van der Waals surface area contributed by atoms with E-state index in [2.05, 4.69) is 23.8 Å². The van der Waals surface area contributed by atoms with Crippen LogP contribution in [0.2, 0.25) is 0 Å². The van der Waals surface area contributed by atoms with Gasteiger partial charge in [-0.2, -0.15) is 0 Å². The molecule has 3 aromatic carbocycles. The molecule has 0 spiro atoms. The molecule has 1 N–H and O–H groups in total. The minimum absolute atomic E-state index is 0.339. The molecule has 5 nitrogen and oxygen atoms in total. The van der Waals surface area contributed by atoms with Gasteiger partial charge in [-0.1, -0.05) is 95.7 Å². The van der Waals surface area contributed by atoms with Gasteiger partial charge in [0.15, 0.2) is 5.82 Å². The Kier molecular flexibility index (Phi) is 14.9. The summed E-state index contributed by atoms with van der Waals surface area (Å²) in [5.74, 6) is 1.74. The van der Waals surface area contributed by atoms with Gasteiger partial charge in [-0.05, 0) is 75.4 Å². The van der Waals surface area contributed by atoms with Crippen molar-refractivity contribution < 1.29 is 14.2 Å². The highest BCUT2D eigenvalue weighted by molar-refractivity contribution is 5.87. The molecule has 1 aromatic heterocycles. The molecule has 0 amide bonds. The van der Waals surface area contributed by atoms with E-state index in [1.807, 2.05) is 74.5 Å². The van der Waals surface area contributed by atoms with Crippen LogP contribution in [0.1, 0.15) is 103 Å². The molecule has 4 aromatic rings. The molecule has 1 atom stereocenters. The van der Waals surface area contributed by atoms with E-state index in [1.54, 1.807) is 25.4 Å². The summed E-state index contributed by atoms with van der Waals surface area (Å²) in [6.45, 7) is 9.79. The fourth-order valence-electron chi connectivity index (χ4n) is 4.36. The number of para-hydroxylation sites is 2. The second-order valence-electron chi connectivity index (χ2n) is 11.7. The van der Waals surface area contributed by atoms with Crippen LogP contribution in [0.15, 0.2) is 90.2 Å². The summed E-state index contributed by atoms with van der Waals surface area (Å²) >= 11 is 0. The number of benzene rings is 3. The number of hydrogen-bond donors (Lipinski definition) is 1. The second-order valence-corrected chi connectivity index (χ2v) is 11.7. The number of halogens is 1. The molecule has 0 radical (unpaired) electrons. The molecule has 1 aliphatic carbocycles. The number of aliphatic hydroxyl groups is 1. The van der Waals surface area contributed by atoms with Gasteiger partial charge in [0.2, 0.25) is 0 Å². The maximum Gasteiger partial charge on any atom is 0.159 e. The first-order valence-electron chi connectivity index (χ1n) is 16.5. The van der Waals surface area contributed by atoms with Crippen LogP contribution in [0.4, 0.5) is 10.1 Å². The lowest BCUT2D eigenvalue weighted by Crippen LogP contribution is -2.22. The van der Waals surface area contributed by atoms with Crippen molar-refractivity contribution >= 4 is 11.4 Å². The number of ether oxygens (including phenoxy) is 1. The molecule has 0 saturated heterocycles. The summed E-state index contributed by atoms with van der Waals surface area (Å²) in [6, 6.07) is 22.8. The van der Waals surface area contributed by atoms with Gasteiger partial charge >= 0.3 is 0 Å². The monoisotopic (exact) mass is 611 g/mol. The summed E-state index contributed by atoms with van der Waals surface area (Å²) in [5.41, 5.74) is 2.70. The van der Waals surface area contributed by atoms with E-state index < -0.39 is 5.60 Å². The SMILES string of the molecule is C1CCC1.CCCCC(CCC)=Nc1cc(F)c(-c2cnc(C(C)(O)CC)nc2)cc1C.c1ccc(Oc2ccccc2)cc1. The van der Waals surface area contributed by atoms with E-state index >= 15 is 0 Å². The van der Waals surface area contributed by atoms with Gasteiger partial charge in [0.05, 0.1) is 5.69 Å². The molecule has 240 valence electrons. The van der Waals surface area contributed by atoms with Crippen LogP contribution in [-0.4, -0.2) is 20.8 Å². The molecule has 6 heteroatoms. The maximum absolute atomic E-state index is 14.8. The lowest BCUT2D eigenvalue weighted by molar-refractivity contribution is 0.0436. The number of aliphatic imine (C=N–C) groups is 1. The van der Waals surface area contributed by atoms with Crippen molar-refractivity contribution in [2.45, 2.75) is 104 Å². The van der Waals surface area contributed by atoms with Gasteiger partial charge in [-0.3, -0.25) is 4.99 Å². The van der Waals surface area contributed by atoms with Gasteiger partial charge < -0.3 is 9.84 Å². The second kappa shape index (κ2) is 18.8. The average Bonchev–Trinajstić information content (AvgIpc) is 3.02. The van der Waals surface area contributed by atoms with Crippen molar-refractivity contribution in [1.82, 2.24) is 9.97 Å². The number of aryl methyl sites for hydroxylation is 1. The van der Waals surface area contributed by atoms with Crippen LogP contribution >= 0.6 is 0 Å². The lowest BCUT2D eigenvalue weighted by Gasteiger charge is -2.19. The van der Waals surface area contributed by atoms with Crippen molar-refractivity contribution in [3.63, 3.8) is 0 Å². The largest absolute Gasteiger partial charge is 0.457 e. The Bertz CT molecular complexity index is 1390. The van der Waals surface area contributed by atoms with Gasteiger partial charge in [-0.25, -0.2) is 14.4 Å². The van der Waals surface area contributed by atoms with E-state index in [4.69, 9.17) is 9.73 Å². The van der Waals surface area contributed by atoms with Crippen LogP contribution in [0.3, 0.4) is 0 Å². The first-order valence-corrected chi connectivity index (χ1v) is 16.5. The van der Waals surface area contributed by atoms with Crippen LogP contribution in [0.25, 0.3) is 11.1 Å². The molecule has 5 rings (SSSR count). The molecule has 1 saturated carbocycles. The summed E-state index contributed by atoms with van der Waals surface area (Å²) in [4.78, 5) is 13.2. The van der Waals surface area contributed by atoms with Crippen molar-refractivity contribution in [3.8, 4) is 22.6 Å². The van der Waals surface area contributed by atoms with E-state index in [1.165, 1.54) is 31.7 Å². The molecular formula is C39H50FN3O2. The summed E-state index contributed by atoms with van der Waals surface area (Å²) in [5, 5.41) is 10.3. The fraction of sp³-hybridized carbons (Fsp3) is 0.410. The summed E-state index contributed by atoms with van der Waals surface area (Å²) < 4.78 is 20.4. The molecule has 0 bridgehead atoms. The zero-order chi connectivity index (χ0) is 32.5. The van der Waals surface area contributed by atoms with E-state index in [-0.39, 0.29) is 5.82 Å². The third kappa shape index (κ3) is 11.8. The Hall–Kier alpha value is -3.90. The Morgan fingerprint density at radius 3 is 1.87 bits per heavy atom. The Morgan fingerprint density at radius 2 is 1.40 bits per heavy atom. The number of rotatable bonds is 11. The normalized spacial score (nSPS) is 13.7. The third-order valence-corrected chi connectivity index (χ3v) is 7.78. The Balaban J connectivity index is 0.000000263. The van der Waals surface area contributed by atoms with Crippen LogP contribution in [-0.2, 0) is 5.60 Å². The van der Waals surface area contributed by atoms with E-state index in [0.29, 0.717) is 29.1 Å². The minimum Gasteiger partial charge on any atom is -0.457 e. The first-order chi connectivity index (χ1) is 21.8. The van der Waals surface area contributed by atoms with Crippen LogP contribution < -0.4 is 4.74 Å². The molecule has 1 heterocycles. The molecule has 1 unspecified atom stereocenters. The number of nitrogens with zero attached hydrogens (tertiary/aromatic N) is 3. The number of unbranched alkanes of at least 4 members (excludes halogenated alkanes) is 1. The van der Waals surface area contributed by atoms with Crippen molar-refractivity contribution in [1.29, 1.82) is 0 Å². The van der Waals surface area contributed by atoms with Crippen molar-refractivity contribution in [3.05, 3.63) is 102 Å². The predicted molar refractivity (Wildman–Crippen MR) is 185 cm³/mol. The first kappa shape index (κ1) is 35.6. The Labute approximate surface area is 269 Å². The van der Waals surface area contributed by atoms with Crippen LogP contribution in [0, 0.1) is 12.7 Å². The molecule has 1 aliphatic rings. The average molecular weight is 612 g/mol. The van der Waals surface area contributed by atoms with Gasteiger partial charge in [0, 0.05) is 35.3 Å². The van der Waals surface area contributed by atoms with Crippen LogP contribution in [0.5, 0.6) is 11.5 Å². The molecule has 1 fully saturated rings. The summed E-state index contributed by atoms with van der Waals surface area (Å²) in [6.07, 6.45) is 14.8. The lowest BCUT2D eigenvalue weighted by atomic mass is 10.0. The van der Waals surface area contributed by atoms with Crippen molar-refractivity contribution in [2.75, 3.05) is 0 Å². The van der Waals surface area contributed by atoms with Crippen molar-refractivity contribution in [2.24, 2.45) is 4.99 Å². The predicted octanol–water partition coefficient (Wildman–Crippen LogP) is 11.3. The van der Waals surface area contributed by atoms with Gasteiger partial charge in [-0.15, -0.1) is 0 Å². The smallest absolute Gasteiger partial charge is 0.159 e. The molecule has 45 heavy (non-hydrogen) atoms. The minimum atomic E-state index is -1.08. The van der Waals surface area contributed by atoms with E-state index in [0.717, 1.165) is 54.9 Å².